The lowest BCUT2D eigenvalue weighted by Crippen LogP contribution is -2.54. The van der Waals surface area contributed by atoms with Crippen molar-refractivity contribution in [3.63, 3.8) is 0 Å². The molecule has 1 heterocycles. The Morgan fingerprint density at radius 1 is 1.30 bits per heavy atom. The highest BCUT2D eigenvalue weighted by atomic mass is 16.5. The number of hydrogen-bond donors (Lipinski definition) is 2. The zero-order chi connectivity index (χ0) is 21.9. The molecule has 1 saturated heterocycles. The molecule has 8 nitrogen and oxygen atoms in total. The summed E-state index contributed by atoms with van der Waals surface area (Å²) in [7, 11) is 0. The van der Waals surface area contributed by atoms with E-state index in [1.165, 1.54) is 0 Å². The van der Waals surface area contributed by atoms with Crippen LogP contribution in [0.25, 0.3) is 0 Å². The number of anilines is 1. The molecule has 0 radical (unpaired) electrons. The first-order valence-electron chi connectivity index (χ1n) is 10.5. The predicted octanol–water partition coefficient (Wildman–Crippen LogP) is 2.54. The zero-order valence-electron chi connectivity index (χ0n) is 17.7. The molecule has 2 atom stereocenters. The highest BCUT2D eigenvalue weighted by molar-refractivity contribution is 6.09. The van der Waals surface area contributed by atoms with Crippen molar-refractivity contribution in [3.8, 4) is 0 Å². The normalized spacial score (nSPS) is 23.4. The summed E-state index contributed by atoms with van der Waals surface area (Å²) in [6.45, 7) is 4.83. The Morgan fingerprint density at radius 2 is 2.07 bits per heavy atom. The number of amides is 4. The molecule has 2 aliphatic rings. The van der Waals surface area contributed by atoms with Crippen LogP contribution in [0.3, 0.4) is 0 Å². The first-order valence-corrected chi connectivity index (χ1v) is 10.5. The van der Waals surface area contributed by atoms with Gasteiger partial charge in [-0.1, -0.05) is 44.9 Å². The van der Waals surface area contributed by atoms with E-state index in [1.54, 1.807) is 0 Å². The van der Waals surface area contributed by atoms with Crippen LogP contribution >= 0.6 is 0 Å². The second-order valence-electron chi connectivity index (χ2n) is 8.11. The van der Waals surface area contributed by atoms with Gasteiger partial charge in [-0.3, -0.25) is 19.3 Å². The van der Waals surface area contributed by atoms with Crippen molar-refractivity contribution in [3.05, 3.63) is 29.3 Å². The van der Waals surface area contributed by atoms with Crippen molar-refractivity contribution in [1.29, 1.82) is 0 Å². The molecule has 4 amide bonds. The average molecular weight is 415 g/mol. The van der Waals surface area contributed by atoms with E-state index < -0.39 is 36.6 Å². The lowest BCUT2D eigenvalue weighted by Gasteiger charge is -2.36. The summed E-state index contributed by atoms with van der Waals surface area (Å²) in [5, 5.41) is 5.56. The van der Waals surface area contributed by atoms with Crippen LogP contribution in [0, 0.1) is 12.8 Å². The molecule has 0 bridgehead atoms. The van der Waals surface area contributed by atoms with Crippen LogP contribution < -0.4 is 10.6 Å². The molecule has 1 aliphatic carbocycles. The highest BCUT2D eigenvalue weighted by Gasteiger charge is 2.55. The first kappa shape index (κ1) is 21.8. The summed E-state index contributed by atoms with van der Waals surface area (Å²) < 4.78 is 5.03. The van der Waals surface area contributed by atoms with E-state index in [9.17, 15) is 19.2 Å². The first-order chi connectivity index (χ1) is 14.3. The molecular weight excluding hydrogens is 386 g/mol. The van der Waals surface area contributed by atoms with Gasteiger partial charge in [0.05, 0.1) is 0 Å². The predicted molar refractivity (Wildman–Crippen MR) is 111 cm³/mol. The van der Waals surface area contributed by atoms with Gasteiger partial charge in [-0.25, -0.2) is 4.79 Å². The number of benzene rings is 1. The van der Waals surface area contributed by atoms with Gasteiger partial charge in [0.2, 0.25) is 0 Å². The van der Waals surface area contributed by atoms with Crippen molar-refractivity contribution in [2.75, 3.05) is 18.5 Å². The zero-order valence-corrected chi connectivity index (χ0v) is 17.7. The minimum absolute atomic E-state index is 0.0105. The van der Waals surface area contributed by atoms with E-state index in [2.05, 4.69) is 10.6 Å². The van der Waals surface area contributed by atoms with E-state index in [4.69, 9.17) is 4.74 Å². The van der Waals surface area contributed by atoms with Gasteiger partial charge in [0.15, 0.2) is 6.61 Å². The van der Waals surface area contributed by atoms with Gasteiger partial charge in [0.1, 0.15) is 12.1 Å². The summed E-state index contributed by atoms with van der Waals surface area (Å²) in [5.74, 6) is -1.64. The van der Waals surface area contributed by atoms with Gasteiger partial charge in [-0.15, -0.1) is 0 Å². The molecule has 3 rings (SSSR count). The van der Waals surface area contributed by atoms with Crippen LogP contribution in [-0.2, 0) is 25.5 Å². The van der Waals surface area contributed by atoms with Gasteiger partial charge >= 0.3 is 12.0 Å². The third-order valence-electron chi connectivity index (χ3n) is 6.16. The second-order valence-corrected chi connectivity index (χ2v) is 8.11. The molecule has 2 N–H and O–H groups in total. The summed E-state index contributed by atoms with van der Waals surface area (Å²) in [5.41, 5.74) is 1.69. The smallest absolute Gasteiger partial charge is 0.326 e. The maximum atomic E-state index is 12.9. The van der Waals surface area contributed by atoms with E-state index in [0.29, 0.717) is 12.1 Å². The lowest BCUT2D eigenvalue weighted by atomic mass is 9.73. The number of esters is 1. The van der Waals surface area contributed by atoms with Crippen LogP contribution in [0.5, 0.6) is 0 Å². The number of carbonyl (C=O) groups is 4. The largest absolute Gasteiger partial charge is 0.454 e. The van der Waals surface area contributed by atoms with E-state index in [0.717, 1.165) is 41.7 Å². The third kappa shape index (κ3) is 4.17. The molecule has 162 valence electrons. The van der Waals surface area contributed by atoms with Gasteiger partial charge in [-0.05, 0) is 43.2 Å². The maximum Gasteiger partial charge on any atom is 0.326 e. The number of para-hydroxylation sites is 1. The molecular formula is C22H29N3O5. The maximum absolute atomic E-state index is 12.9. The molecule has 1 aromatic rings. The molecule has 1 spiro atoms. The number of urea groups is 1. The van der Waals surface area contributed by atoms with Crippen LogP contribution in [0.1, 0.15) is 50.7 Å². The number of nitrogens with zero attached hydrogens (tertiary/aromatic N) is 1. The number of rotatable bonds is 6. The number of ether oxygens (including phenoxy) is 1. The summed E-state index contributed by atoms with van der Waals surface area (Å²) in [4.78, 5) is 50.6. The molecule has 1 aliphatic heterocycles. The third-order valence-corrected chi connectivity index (χ3v) is 6.16. The average Bonchev–Trinajstić information content (AvgIpc) is 2.95. The Hall–Kier alpha value is -2.90. The van der Waals surface area contributed by atoms with E-state index in [-0.39, 0.29) is 11.8 Å². The SMILES string of the molecule is CCc1cccc(C)c1NC(=O)COC(=O)CN1C(=O)N[C@]2(CCCC[C@H]2C)C1=O. The van der Waals surface area contributed by atoms with Crippen LogP contribution in [0.15, 0.2) is 18.2 Å². The van der Waals surface area contributed by atoms with Crippen molar-refractivity contribution < 1.29 is 23.9 Å². The van der Waals surface area contributed by atoms with Crippen molar-refractivity contribution in [2.24, 2.45) is 5.92 Å². The minimum atomic E-state index is -0.922. The van der Waals surface area contributed by atoms with E-state index >= 15 is 0 Å². The lowest BCUT2D eigenvalue weighted by molar-refractivity contribution is -0.150. The van der Waals surface area contributed by atoms with E-state index in [1.807, 2.05) is 39.0 Å². The van der Waals surface area contributed by atoms with Crippen molar-refractivity contribution in [2.45, 2.75) is 58.4 Å². The Bertz CT molecular complexity index is 868. The number of imide groups is 1. The number of aryl methyl sites for hydroxylation is 2. The summed E-state index contributed by atoms with van der Waals surface area (Å²) >= 11 is 0. The fourth-order valence-electron chi connectivity index (χ4n) is 4.34. The Labute approximate surface area is 176 Å². The summed E-state index contributed by atoms with van der Waals surface area (Å²) in [6, 6.07) is 5.15. The van der Waals surface area contributed by atoms with Crippen LogP contribution in [-0.4, -0.2) is 47.4 Å². The van der Waals surface area contributed by atoms with Gasteiger partial charge in [0, 0.05) is 5.69 Å². The minimum Gasteiger partial charge on any atom is -0.454 e. The van der Waals surface area contributed by atoms with Gasteiger partial charge in [-0.2, -0.15) is 0 Å². The second kappa shape index (κ2) is 8.85. The molecule has 30 heavy (non-hydrogen) atoms. The standard InChI is InChI=1S/C22H29N3O5/c1-4-16-10-7-8-14(2)19(16)23-17(26)13-30-18(27)12-25-20(28)22(24-21(25)29)11-6-5-9-15(22)3/h7-8,10,15H,4-6,9,11-13H2,1-3H3,(H,23,26)(H,24,29)/t15-,22+/m1/s1. The monoisotopic (exact) mass is 415 g/mol. The Morgan fingerprint density at radius 3 is 2.77 bits per heavy atom. The Balaban J connectivity index is 1.55. The number of nitrogens with one attached hydrogen (secondary N) is 2. The quantitative estimate of drug-likeness (QED) is 0.549. The van der Waals surface area contributed by atoms with Gasteiger partial charge in [0.25, 0.3) is 11.8 Å². The fraction of sp³-hybridized carbons (Fsp3) is 0.545. The molecule has 1 saturated carbocycles. The van der Waals surface area contributed by atoms with Crippen molar-refractivity contribution in [1.82, 2.24) is 10.2 Å². The molecule has 0 aromatic heterocycles. The molecule has 8 heteroatoms. The molecule has 1 aromatic carbocycles. The Kier molecular flexibility index (Phi) is 6.43. The molecule has 2 fully saturated rings. The highest BCUT2D eigenvalue weighted by Crippen LogP contribution is 2.38. The van der Waals surface area contributed by atoms with Crippen LogP contribution in [0.2, 0.25) is 0 Å². The number of hydrogen-bond acceptors (Lipinski definition) is 5. The summed E-state index contributed by atoms with van der Waals surface area (Å²) in [6.07, 6.45) is 4.05. The van der Waals surface area contributed by atoms with Crippen LogP contribution in [0.4, 0.5) is 10.5 Å². The van der Waals surface area contributed by atoms with Crippen molar-refractivity contribution >= 4 is 29.5 Å². The fourth-order valence-corrected chi connectivity index (χ4v) is 4.34. The topological polar surface area (TPSA) is 105 Å². The molecule has 0 unspecified atom stereocenters. The number of carbonyl (C=O) groups excluding carboxylic acids is 4. The van der Waals surface area contributed by atoms with Gasteiger partial charge < -0.3 is 15.4 Å².